The van der Waals surface area contributed by atoms with E-state index in [0.29, 0.717) is 25.7 Å². The first kappa shape index (κ1) is 18.2. The van der Waals surface area contributed by atoms with Crippen molar-refractivity contribution >= 4 is 5.96 Å². The van der Waals surface area contributed by atoms with Gasteiger partial charge in [-0.2, -0.15) is 0 Å². The van der Waals surface area contributed by atoms with Gasteiger partial charge in [0.15, 0.2) is 5.96 Å². The van der Waals surface area contributed by atoms with Gasteiger partial charge in [-0.15, -0.1) is 0 Å². The van der Waals surface area contributed by atoms with E-state index in [9.17, 15) is 8.78 Å². The Morgan fingerprint density at radius 2 is 2.05 bits per heavy atom. The van der Waals surface area contributed by atoms with E-state index in [1.807, 2.05) is 25.1 Å². The van der Waals surface area contributed by atoms with Gasteiger partial charge in [-0.05, 0) is 18.6 Å². The highest BCUT2D eigenvalue weighted by atomic mass is 19.3. The Labute approximate surface area is 129 Å². The van der Waals surface area contributed by atoms with E-state index >= 15 is 0 Å². The van der Waals surface area contributed by atoms with Crippen LogP contribution in [0, 0.1) is 6.92 Å². The Morgan fingerprint density at radius 1 is 1.27 bits per heavy atom. The molecule has 0 atom stereocenters. The zero-order chi connectivity index (χ0) is 16.4. The highest BCUT2D eigenvalue weighted by Gasteiger charge is 2.07. The Balaban J connectivity index is 2.63. The van der Waals surface area contributed by atoms with Crippen molar-refractivity contribution < 1.29 is 18.3 Å². The average Bonchev–Trinajstić information content (AvgIpc) is 2.49. The number of aliphatic imine (C=N–C) groups is 1. The summed E-state index contributed by atoms with van der Waals surface area (Å²) in [5.41, 5.74) is 2.00. The maximum absolute atomic E-state index is 12.2. The van der Waals surface area contributed by atoms with Gasteiger partial charge in [0, 0.05) is 26.3 Å². The molecule has 5 nitrogen and oxygen atoms in total. The normalized spacial score (nSPS) is 11.6. The Bertz CT molecular complexity index is 482. The van der Waals surface area contributed by atoms with E-state index in [4.69, 9.17) is 9.47 Å². The van der Waals surface area contributed by atoms with Crippen LogP contribution >= 0.6 is 0 Å². The van der Waals surface area contributed by atoms with Crippen LogP contribution in [0.3, 0.4) is 0 Å². The number of benzene rings is 1. The highest BCUT2D eigenvalue weighted by molar-refractivity contribution is 5.79. The summed E-state index contributed by atoms with van der Waals surface area (Å²) in [6, 6.07) is 5.84. The van der Waals surface area contributed by atoms with Crippen molar-refractivity contribution in [2.45, 2.75) is 19.9 Å². The van der Waals surface area contributed by atoms with Crippen molar-refractivity contribution in [3.63, 3.8) is 0 Å². The van der Waals surface area contributed by atoms with Gasteiger partial charge < -0.3 is 20.1 Å². The number of nitrogens with zero attached hydrogens (tertiary/aromatic N) is 1. The van der Waals surface area contributed by atoms with Crippen molar-refractivity contribution in [2.24, 2.45) is 4.99 Å². The Hall–Kier alpha value is -1.89. The zero-order valence-electron chi connectivity index (χ0n) is 13.2. The minimum absolute atomic E-state index is 0.323. The molecular weight excluding hydrogens is 292 g/mol. The van der Waals surface area contributed by atoms with Crippen LogP contribution in [0.2, 0.25) is 0 Å². The molecule has 0 bridgehead atoms. The largest absolute Gasteiger partial charge is 0.491 e. The first-order valence-corrected chi connectivity index (χ1v) is 7.00. The van der Waals surface area contributed by atoms with Crippen LogP contribution in [0.1, 0.15) is 11.1 Å². The van der Waals surface area contributed by atoms with Crippen LogP contribution in [0.15, 0.2) is 23.2 Å². The standard InChI is InChI=1S/C15H23F2N3O2/c1-11-4-5-12(13(8-11)22-7-6-21-3)9-19-15(18-2)20-10-14(16)17/h4-5,8,14H,6-7,9-10H2,1-3H3,(H2,18,19,20). The minimum Gasteiger partial charge on any atom is -0.491 e. The molecule has 0 aliphatic carbocycles. The fourth-order valence-corrected chi connectivity index (χ4v) is 1.75. The SMILES string of the molecule is CN=C(NCc1ccc(C)cc1OCCOC)NCC(F)F. The third-order valence-corrected chi connectivity index (χ3v) is 2.86. The summed E-state index contributed by atoms with van der Waals surface area (Å²) in [7, 11) is 3.15. The van der Waals surface area contributed by atoms with Crippen molar-refractivity contribution in [1.82, 2.24) is 10.6 Å². The summed E-state index contributed by atoms with van der Waals surface area (Å²) in [6.07, 6.45) is -2.43. The second-order valence-electron chi connectivity index (χ2n) is 4.65. The molecule has 2 N–H and O–H groups in total. The fourth-order valence-electron chi connectivity index (χ4n) is 1.75. The molecule has 1 rings (SSSR count). The van der Waals surface area contributed by atoms with Crippen LogP contribution in [-0.4, -0.2) is 46.3 Å². The summed E-state index contributed by atoms with van der Waals surface area (Å²) in [5.74, 6) is 1.07. The molecule has 0 radical (unpaired) electrons. The van der Waals surface area contributed by atoms with E-state index in [-0.39, 0.29) is 0 Å². The smallest absolute Gasteiger partial charge is 0.255 e. The van der Waals surface area contributed by atoms with E-state index in [0.717, 1.165) is 16.9 Å². The van der Waals surface area contributed by atoms with Crippen molar-refractivity contribution in [3.8, 4) is 5.75 Å². The van der Waals surface area contributed by atoms with Crippen molar-refractivity contribution in [2.75, 3.05) is 33.9 Å². The van der Waals surface area contributed by atoms with Crippen LogP contribution in [0.25, 0.3) is 0 Å². The highest BCUT2D eigenvalue weighted by Crippen LogP contribution is 2.20. The van der Waals surface area contributed by atoms with Crippen LogP contribution in [0.4, 0.5) is 8.78 Å². The monoisotopic (exact) mass is 315 g/mol. The molecule has 0 unspecified atom stereocenters. The van der Waals surface area contributed by atoms with Gasteiger partial charge in [-0.1, -0.05) is 12.1 Å². The van der Waals surface area contributed by atoms with Crippen molar-refractivity contribution in [3.05, 3.63) is 29.3 Å². The molecule has 7 heteroatoms. The molecule has 124 valence electrons. The predicted molar refractivity (Wildman–Crippen MR) is 82.8 cm³/mol. The lowest BCUT2D eigenvalue weighted by Crippen LogP contribution is -2.39. The molecule has 0 heterocycles. The molecule has 1 aromatic carbocycles. The molecule has 0 saturated heterocycles. The maximum Gasteiger partial charge on any atom is 0.255 e. The number of aryl methyl sites for hydroxylation is 1. The molecule has 0 aliphatic heterocycles. The fraction of sp³-hybridized carbons (Fsp3) is 0.533. The molecule has 0 aromatic heterocycles. The summed E-state index contributed by atoms with van der Waals surface area (Å²) in [4.78, 5) is 3.90. The van der Waals surface area contributed by atoms with Crippen molar-refractivity contribution in [1.29, 1.82) is 0 Å². The summed E-state index contributed by atoms with van der Waals surface area (Å²) in [5, 5.41) is 5.54. The molecule has 0 saturated carbocycles. The average molecular weight is 315 g/mol. The number of guanidine groups is 1. The second kappa shape index (κ2) is 9.94. The number of alkyl halides is 2. The zero-order valence-corrected chi connectivity index (χ0v) is 13.2. The van der Waals surface area contributed by atoms with Gasteiger partial charge in [0.1, 0.15) is 12.4 Å². The number of nitrogens with one attached hydrogen (secondary N) is 2. The number of hydrogen-bond donors (Lipinski definition) is 2. The lowest BCUT2D eigenvalue weighted by Gasteiger charge is -2.15. The van der Waals surface area contributed by atoms with E-state index in [2.05, 4.69) is 15.6 Å². The van der Waals surface area contributed by atoms with E-state index in [1.165, 1.54) is 7.05 Å². The third kappa shape index (κ3) is 6.71. The molecule has 0 spiro atoms. The molecule has 0 amide bonds. The van der Waals surface area contributed by atoms with Gasteiger partial charge in [-0.3, -0.25) is 4.99 Å². The lowest BCUT2D eigenvalue weighted by molar-refractivity contribution is 0.145. The van der Waals surface area contributed by atoms with Gasteiger partial charge in [0.05, 0.1) is 13.2 Å². The second-order valence-corrected chi connectivity index (χ2v) is 4.65. The Kier molecular flexibility index (Phi) is 8.21. The van der Waals surface area contributed by atoms with Gasteiger partial charge in [0.25, 0.3) is 6.43 Å². The first-order valence-electron chi connectivity index (χ1n) is 7.00. The van der Waals surface area contributed by atoms with Gasteiger partial charge in [-0.25, -0.2) is 8.78 Å². The molecule has 0 fully saturated rings. The lowest BCUT2D eigenvalue weighted by atomic mass is 10.1. The van der Waals surface area contributed by atoms with Crippen LogP contribution in [-0.2, 0) is 11.3 Å². The van der Waals surface area contributed by atoms with Crippen LogP contribution in [0.5, 0.6) is 5.75 Å². The topological polar surface area (TPSA) is 54.9 Å². The number of methoxy groups -OCH3 is 1. The summed E-state index contributed by atoms with van der Waals surface area (Å²) in [6.45, 7) is 2.91. The quantitative estimate of drug-likeness (QED) is 0.437. The van der Waals surface area contributed by atoms with Gasteiger partial charge >= 0.3 is 0 Å². The number of hydrogen-bond acceptors (Lipinski definition) is 3. The number of ether oxygens (including phenoxy) is 2. The molecular formula is C15H23F2N3O2. The number of halogens is 2. The van der Waals surface area contributed by atoms with E-state index in [1.54, 1.807) is 7.11 Å². The number of rotatable bonds is 8. The minimum atomic E-state index is -2.43. The maximum atomic E-state index is 12.2. The van der Waals surface area contributed by atoms with E-state index < -0.39 is 13.0 Å². The molecule has 0 aliphatic rings. The molecule has 22 heavy (non-hydrogen) atoms. The summed E-state index contributed by atoms with van der Waals surface area (Å²) >= 11 is 0. The summed E-state index contributed by atoms with van der Waals surface area (Å²) < 4.78 is 35.0. The predicted octanol–water partition coefficient (Wildman–Crippen LogP) is 1.95. The van der Waals surface area contributed by atoms with Gasteiger partial charge in [0.2, 0.25) is 0 Å². The Morgan fingerprint density at radius 3 is 2.68 bits per heavy atom. The van der Waals surface area contributed by atoms with Crippen LogP contribution < -0.4 is 15.4 Å². The first-order chi connectivity index (χ1) is 10.6. The third-order valence-electron chi connectivity index (χ3n) is 2.86. The molecule has 1 aromatic rings.